The average Bonchev–Trinajstić information content (AvgIpc) is 3.35. The molecule has 2 atom stereocenters. The maximum absolute atomic E-state index is 13.6. The van der Waals surface area contributed by atoms with E-state index in [0.717, 1.165) is 30.8 Å². The van der Waals surface area contributed by atoms with E-state index in [-0.39, 0.29) is 30.0 Å². The lowest BCUT2D eigenvalue weighted by Crippen LogP contribution is -2.67. The van der Waals surface area contributed by atoms with Crippen LogP contribution in [0.5, 0.6) is 0 Å². The number of rotatable bonds is 2. The van der Waals surface area contributed by atoms with E-state index in [1.165, 1.54) is 15.6 Å². The van der Waals surface area contributed by atoms with Crippen molar-refractivity contribution in [1.29, 1.82) is 0 Å². The zero-order chi connectivity index (χ0) is 20.1. The predicted octanol–water partition coefficient (Wildman–Crippen LogP) is 1.55. The molecule has 0 aromatic carbocycles. The molecule has 1 aromatic rings. The molecule has 0 saturated carbocycles. The molecule has 0 radical (unpaired) electrons. The molecule has 0 spiro atoms. The lowest BCUT2D eigenvalue weighted by molar-refractivity contribution is -0.148. The van der Waals surface area contributed by atoms with Gasteiger partial charge in [0.25, 0.3) is 5.91 Å². The van der Waals surface area contributed by atoms with Crippen molar-refractivity contribution in [3.63, 3.8) is 0 Å². The van der Waals surface area contributed by atoms with E-state index in [9.17, 15) is 18.0 Å². The number of hydrogen-bond acceptors (Lipinski definition) is 5. The summed E-state index contributed by atoms with van der Waals surface area (Å²) >= 11 is 1.46. The van der Waals surface area contributed by atoms with E-state index >= 15 is 0 Å². The molecule has 3 fully saturated rings. The molecule has 3 saturated heterocycles. The molecule has 1 aromatic heterocycles. The quantitative estimate of drug-likeness (QED) is 0.720. The predicted molar refractivity (Wildman–Crippen MR) is 108 cm³/mol. The number of piperidine rings is 1. The summed E-state index contributed by atoms with van der Waals surface area (Å²) in [5.41, 5.74) is -0.843. The number of aryl methyl sites for hydroxylation is 1. The van der Waals surface area contributed by atoms with Gasteiger partial charge in [-0.1, -0.05) is 0 Å². The minimum Gasteiger partial charge on any atom is -0.342 e. The van der Waals surface area contributed by atoms with Crippen molar-refractivity contribution >= 4 is 33.2 Å². The molecule has 4 heterocycles. The van der Waals surface area contributed by atoms with Gasteiger partial charge in [-0.25, -0.2) is 12.7 Å². The molecular weight excluding hydrogens is 398 g/mol. The van der Waals surface area contributed by atoms with Crippen LogP contribution in [-0.4, -0.2) is 79.4 Å². The summed E-state index contributed by atoms with van der Waals surface area (Å²) in [4.78, 5) is 32.0. The van der Waals surface area contributed by atoms with E-state index in [4.69, 9.17) is 0 Å². The van der Waals surface area contributed by atoms with Crippen LogP contribution in [0.4, 0.5) is 0 Å². The van der Waals surface area contributed by atoms with Crippen LogP contribution < -0.4 is 0 Å². The van der Waals surface area contributed by atoms with Gasteiger partial charge in [-0.3, -0.25) is 9.59 Å². The summed E-state index contributed by atoms with van der Waals surface area (Å²) in [6, 6.07) is 3.38. The molecule has 0 aliphatic carbocycles. The summed E-state index contributed by atoms with van der Waals surface area (Å²) in [5.74, 6) is -0.0717. The highest BCUT2D eigenvalue weighted by Gasteiger charge is 2.58. The fourth-order valence-electron chi connectivity index (χ4n) is 4.93. The molecule has 9 heteroatoms. The Hall–Kier alpha value is -1.45. The van der Waals surface area contributed by atoms with E-state index in [1.807, 2.05) is 24.0 Å². The third-order valence-electron chi connectivity index (χ3n) is 6.52. The number of sulfonamides is 1. The van der Waals surface area contributed by atoms with Crippen LogP contribution in [0.1, 0.15) is 40.2 Å². The zero-order valence-corrected chi connectivity index (χ0v) is 18.0. The minimum absolute atomic E-state index is 0.0246. The standard InChI is InChI=1S/C19H27N3O4S2/c1-14-5-6-15(27-14)17(23)22-11-7-16-19(13-22,8-12-28(25,26)20(16)2)18(24)21-9-3-4-10-21/h5-6,16H,3-4,7-13H2,1-2H3/t16-,19+/m1/s1. The molecule has 2 amide bonds. The second kappa shape index (κ2) is 7.11. The van der Waals surface area contributed by atoms with Crippen LogP contribution in [0, 0.1) is 12.3 Å². The van der Waals surface area contributed by atoms with Crippen molar-refractivity contribution in [3.8, 4) is 0 Å². The van der Waals surface area contributed by atoms with Gasteiger partial charge >= 0.3 is 0 Å². The third kappa shape index (κ3) is 3.17. The summed E-state index contributed by atoms with van der Waals surface area (Å²) in [6.07, 6.45) is 2.74. The van der Waals surface area contributed by atoms with Crippen LogP contribution >= 0.6 is 11.3 Å². The van der Waals surface area contributed by atoms with Gasteiger partial charge in [0.2, 0.25) is 15.9 Å². The molecule has 154 valence electrons. The van der Waals surface area contributed by atoms with E-state index in [1.54, 1.807) is 11.9 Å². The van der Waals surface area contributed by atoms with Gasteiger partial charge in [-0.15, -0.1) is 11.3 Å². The largest absolute Gasteiger partial charge is 0.342 e. The SMILES string of the molecule is Cc1ccc(C(=O)N2CC[C@H]3N(C)S(=O)(=O)CC[C@]3(C(=O)N3CCCC3)C2)s1. The second-order valence-corrected chi connectivity index (χ2v) is 11.6. The smallest absolute Gasteiger partial charge is 0.263 e. The van der Waals surface area contributed by atoms with Gasteiger partial charge in [0.1, 0.15) is 0 Å². The first kappa shape index (κ1) is 19.8. The van der Waals surface area contributed by atoms with Gasteiger partial charge in [-0.05, 0) is 44.7 Å². The number of carbonyl (C=O) groups is 2. The lowest BCUT2D eigenvalue weighted by atomic mass is 9.71. The van der Waals surface area contributed by atoms with E-state index in [0.29, 0.717) is 24.4 Å². The molecule has 0 unspecified atom stereocenters. The first-order valence-corrected chi connectivity index (χ1v) is 12.3. The fraction of sp³-hybridized carbons (Fsp3) is 0.684. The molecule has 0 N–H and O–H groups in total. The van der Waals surface area contributed by atoms with Crippen molar-refractivity contribution in [3.05, 3.63) is 21.9 Å². The summed E-state index contributed by atoms with van der Waals surface area (Å²) in [5, 5.41) is 0. The Morgan fingerprint density at radius 1 is 1.14 bits per heavy atom. The number of fused-ring (bicyclic) bond motifs is 1. The number of nitrogens with zero attached hydrogens (tertiary/aromatic N) is 3. The van der Waals surface area contributed by atoms with Gasteiger partial charge in [0, 0.05) is 44.1 Å². The molecular formula is C19H27N3O4S2. The highest BCUT2D eigenvalue weighted by atomic mass is 32.2. The van der Waals surface area contributed by atoms with Crippen molar-refractivity contribution in [2.75, 3.05) is 39.0 Å². The molecule has 7 nitrogen and oxygen atoms in total. The topological polar surface area (TPSA) is 78.0 Å². The fourth-order valence-corrected chi connectivity index (χ4v) is 7.38. The Kier molecular flexibility index (Phi) is 5.04. The number of likely N-dealkylation sites (tertiary alicyclic amines) is 2. The number of amides is 2. The van der Waals surface area contributed by atoms with Crippen molar-refractivity contribution < 1.29 is 18.0 Å². The van der Waals surface area contributed by atoms with Crippen LogP contribution in [0.2, 0.25) is 0 Å². The molecule has 3 aliphatic rings. The van der Waals surface area contributed by atoms with E-state index in [2.05, 4.69) is 0 Å². The number of thiophene rings is 1. The average molecular weight is 426 g/mol. The first-order chi connectivity index (χ1) is 13.2. The lowest BCUT2D eigenvalue weighted by Gasteiger charge is -2.53. The third-order valence-corrected chi connectivity index (χ3v) is 9.37. The highest BCUT2D eigenvalue weighted by molar-refractivity contribution is 7.89. The monoisotopic (exact) mass is 425 g/mol. The van der Waals surface area contributed by atoms with Crippen LogP contribution in [0.3, 0.4) is 0 Å². The van der Waals surface area contributed by atoms with Gasteiger partial charge in [0.15, 0.2) is 0 Å². The molecule has 3 aliphatic heterocycles. The Morgan fingerprint density at radius 3 is 2.50 bits per heavy atom. The second-order valence-electron chi connectivity index (χ2n) is 8.18. The molecule has 28 heavy (non-hydrogen) atoms. The molecule has 4 rings (SSSR count). The zero-order valence-electron chi connectivity index (χ0n) is 16.4. The van der Waals surface area contributed by atoms with Crippen LogP contribution in [-0.2, 0) is 14.8 Å². The first-order valence-electron chi connectivity index (χ1n) is 9.85. The minimum atomic E-state index is -3.35. The maximum atomic E-state index is 13.6. The van der Waals surface area contributed by atoms with Gasteiger partial charge in [0.05, 0.1) is 16.0 Å². The molecule has 0 bridgehead atoms. The summed E-state index contributed by atoms with van der Waals surface area (Å²) < 4.78 is 26.4. The van der Waals surface area contributed by atoms with Gasteiger partial charge in [-0.2, -0.15) is 0 Å². The Balaban J connectivity index is 1.67. The Bertz CT molecular complexity index is 891. The van der Waals surface area contributed by atoms with Gasteiger partial charge < -0.3 is 9.80 Å². The number of carbonyl (C=O) groups excluding carboxylic acids is 2. The normalized spacial score (nSPS) is 30.3. The van der Waals surface area contributed by atoms with Crippen LogP contribution in [0.15, 0.2) is 12.1 Å². The Morgan fingerprint density at radius 2 is 1.86 bits per heavy atom. The van der Waals surface area contributed by atoms with Crippen molar-refractivity contribution in [2.24, 2.45) is 5.41 Å². The Labute approximate surface area is 170 Å². The van der Waals surface area contributed by atoms with Crippen LogP contribution in [0.25, 0.3) is 0 Å². The highest BCUT2D eigenvalue weighted by Crippen LogP contribution is 2.44. The van der Waals surface area contributed by atoms with Crippen molar-refractivity contribution in [1.82, 2.24) is 14.1 Å². The summed E-state index contributed by atoms with van der Waals surface area (Å²) in [7, 11) is -1.76. The number of hydrogen-bond donors (Lipinski definition) is 0. The maximum Gasteiger partial charge on any atom is 0.263 e. The summed E-state index contributed by atoms with van der Waals surface area (Å²) in [6.45, 7) is 4.18. The van der Waals surface area contributed by atoms with E-state index < -0.39 is 15.4 Å². The van der Waals surface area contributed by atoms with Crippen molar-refractivity contribution in [2.45, 2.75) is 38.6 Å².